The standard InChI is InChI=1S/C38H33NO5/c1-26(44-38(27-15-5-2-6-16-27,28-17-7-3-8-18-28)29-19-9-4-10-20-29)35(36(40)41)39-37(42)43-25-34-32-23-13-11-21-30(32)31-22-12-14-24-33(31)34/h2-24,26,34-35H,25H2,1H3,(H,39,42)(H,40,41)/t26?,35-/m0/s1. The second-order valence-corrected chi connectivity index (χ2v) is 10.9. The summed E-state index contributed by atoms with van der Waals surface area (Å²) in [5.74, 6) is -1.37. The fourth-order valence-electron chi connectivity index (χ4n) is 6.22. The largest absolute Gasteiger partial charge is 0.480 e. The van der Waals surface area contributed by atoms with Gasteiger partial charge in [-0.15, -0.1) is 0 Å². The topological polar surface area (TPSA) is 84.9 Å². The Morgan fingerprint density at radius 1 is 0.682 bits per heavy atom. The third-order valence-corrected chi connectivity index (χ3v) is 8.26. The van der Waals surface area contributed by atoms with Crippen molar-refractivity contribution in [1.82, 2.24) is 5.32 Å². The van der Waals surface area contributed by atoms with Crippen molar-refractivity contribution in [2.45, 2.75) is 30.6 Å². The van der Waals surface area contributed by atoms with Crippen LogP contribution < -0.4 is 5.32 Å². The summed E-state index contributed by atoms with van der Waals surface area (Å²) >= 11 is 0. The van der Waals surface area contributed by atoms with E-state index in [2.05, 4.69) is 17.4 Å². The first kappa shape index (κ1) is 28.9. The van der Waals surface area contributed by atoms with Crippen LogP contribution >= 0.6 is 0 Å². The summed E-state index contributed by atoms with van der Waals surface area (Å²) in [5.41, 5.74) is 5.71. The quantitative estimate of drug-likeness (QED) is 0.168. The molecule has 0 spiro atoms. The number of carboxylic acid groups (broad SMARTS) is 1. The minimum atomic E-state index is -1.39. The lowest BCUT2D eigenvalue weighted by atomic mass is 9.79. The molecule has 44 heavy (non-hydrogen) atoms. The summed E-state index contributed by atoms with van der Waals surface area (Å²) in [6, 6.07) is 43.8. The highest BCUT2D eigenvalue weighted by atomic mass is 16.6. The Morgan fingerprint density at radius 2 is 1.09 bits per heavy atom. The molecule has 0 aromatic heterocycles. The van der Waals surface area contributed by atoms with Crippen LogP contribution in [0.3, 0.4) is 0 Å². The van der Waals surface area contributed by atoms with Gasteiger partial charge >= 0.3 is 12.1 Å². The first-order chi connectivity index (χ1) is 21.5. The van der Waals surface area contributed by atoms with Crippen molar-refractivity contribution in [2.24, 2.45) is 0 Å². The molecular weight excluding hydrogens is 550 g/mol. The normalized spacial score (nSPS) is 13.8. The number of carbonyl (C=O) groups is 2. The zero-order valence-electron chi connectivity index (χ0n) is 24.3. The number of hydrogen-bond donors (Lipinski definition) is 2. The van der Waals surface area contributed by atoms with Crippen molar-refractivity contribution >= 4 is 12.1 Å². The number of rotatable bonds is 10. The molecule has 1 unspecified atom stereocenters. The van der Waals surface area contributed by atoms with Crippen LogP contribution in [0.5, 0.6) is 0 Å². The molecule has 6 nitrogen and oxygen atoms in total. The zero-order chi connectivity index (χ0) is 30.5. The van der Waals surface area contributed by atoms with Gasteiger partial charge in [-0.25, -0.2) is 9.59 Å². The van der Waals surface area contributed by atoms with Crippen molar-refractivity contribution in [1.29, 1.82) is 0 Å². The van der Waals surface area contributed by atoms with Gasteiger partial charge in [0.05, 0.1) is 6.10 Å². The van der Waals surface area contributed by atoms with Crippen LogP contribution in [0.4, 0.5) is 4.79 Å². The second kappa shape index (κ2) is 12.6. The Morgan fingerprint density at radius 3 is 1.52 bits per heavy atom. The van der Waals surface area contributed by atoms with E-state index in [1.807, 2.05) is 127 Å². The number of ether oxygens (including phenoxy) is 2. The average Bonchev–Trinajstić information content (AvgIpc) is 3.39. The van der Waals surface area contributed by atoms with Gasteiger partial charge in [-0.3, -0.25) is 0 Å². The van der Waals surface area contributed by atoms with Gasteiger partial charge in [-0.2, -0.15) is 0 Å². The lowest BCUT2D eigenvalue weighted by Crippen LogP contribution is -2.51. The Kier molecular flexibility index (Phi) is 8.26. The molecule has 0 aliphatic heterocycles. The molecule has 0 saturated heterocycles. The van der Waals surface area contributed by atoms with Crippen LogP contribution in [-0.4, -0.2) is 35.9 Å². The van der Waals surface area contributed by atoms with E-state index in [0.29, 0.717) is 0 Å². The molecule has 1 aliphatic rings. The first-order valence-electron chi connectivity index (χ1n) is 14.7. The van der Waals surface area contributed by atoms with E-state index in [4.69, 9.17) is 9.47 Å². The van der Waals surface area contributed by atoms with Gasteiger partial charge in [-0.05, 0) is 45.9 Å². The minimum absolute atomic E-state index is 0.0728. The van der Waals surface area contributed by atoms with Crippen molar-refractivity contribution in [2.75, 3.05) is 6.61 Å². The number of benzene rings is 5. The molecule has 0 radical (unpaired) electrons. The highest BCUT2D eigenvalue weighted by molar-refractivity contribution is 5.81. The Bertz CT molecular complexity index is 1600. The average molecular weight is 584 g/mol. The molecule has 0 bridgehead atoms. The van der Waals surface area contributed by atoms with Crippen LogP contribution in [0.1, 0.15) is 40.7 Å². The summed E-state index contributed by atoms with van der Waals surface area (Å²) in [7, 11) is 0. The van der Waals surface area contributed by atoms with Crippen LogP contribution in [0, 0.1) is 0 Å². The predicted molar refractivity (Wildman–Crippen MR) is 169 cm³/mol. The second-order valence-electron chi connectivity index (χ2n) is 10.9. The summed E-state index contributed by atoms with van der Waals surface area (Å²) < 4.78 is 12.5. The molecule has 0 saturated carbocycles. The number of nitrogens with one attached hydrogen (secondary N) is 1. The van der Waals surface area contributed by atoms with E-state index < -0.39 is 29.8 Å². The van der Waals surface area contributed by atoms with Crippen LogP contribution in [-0.2, 0) is 19.9 Å². The maximum Gasteiger partial charge on any atom is 0.407 e. The third-order valence-electron chi connectivity index (χ3n) is 8.26. The van der Waals surface area contributed by atoms with E-state index in [-0.39, 0.29) is 12.5 Å². The number of hydrogen-bond acceptors (Lipinski definition) is 4. The summed E-state index contributed by atoms with van der Waals surface area (Å²) in [6.45, 7) is 1.73. The molecule has 0 fully saturated rings. The predicted octanol–water partition coefficient (Wildman–Crippen LogP) is 7.38. The lowest BCUT2D eigenvalue weighted by Gasteiger charge is -2.39. The molecule has 1 aliphatic carbocycles. The third kappa shape index (κ3) is 5.48. The zero-order valence-corrected chi connectivity index (χ0v) is 24.3. The first-order valence-corrected chi connectivity index (χ1v) is 14.7. The molecule has 1 amide bonds. The molecule has 6 heteroatoms. The van der Waals surface area contributed by atoms with Crippen molar-refractivity contribution in [3.05, 3.63) is 167 Å². The lowest BCUT2D eigenvalue weighted by molar-refractivity contribution is -0.146. The van der Waals surface area contributed by atoms with Crippen molar-refractivity contribution in [3.8, 4) is 11.1 Å². The SMILES string of the molecule is CC(OC(c1ccccc1)(c1ccccc1)c1ccccc1)[C@H](NC(=O)OCC1c2ccccc2-c2ccccc21)C(=O)O. The van der Waals surface area contributed by atoms with Crippen LogP contribution in [0.25, 0.3) is 11.1 Å². The minimum Gasteiger partial charge on any atom is -0.480 e. The number of carboxylic acids is 1. The van der Waals surface area contributed by atoms with Crippen molar-refractivity contribution in [3.63, 3.8) is 0 Å². The Balaban J connectivity index is 1.26. The smallest absolute Gasteiger partial charge is 0.407 e. The molecule has 220 valence electrons. The molecule has 2 atom stereocenters. The van der Waals surface area contributed by atoms with Gasteiger partial charge in [0.15, 0.2) is 6.04 Å². The number of alkyl carbamates (subject to hydrolysis) is 1. The molecule has 2 N–H and O–H groups in total. The maximum atomic E-state index is 13.2. The van der Waals surface area contributed by atoms with E-state index in [9.17, 15) is 14.7 Å². The van der Waals surface area contributed by atoms with Crippen LogP contribution in [0.2, 0.25) is 0 Å². The Hall–Kier alpha value is -5.20. The maximum absolute atomic E-state index is 13.2. The van der Waals surface area contributed by atoms with E-state index in [1.165, 1.54) is 0 Å². The van der Waals surface area contributed by atoms with E-state index in [0.717, 1.165) is 38.9 Å². The van der Waals surface area contributed by atoms with E-state index >= 15 is 0 Å². The van der Waals surface area contributed by atoms with Gasteiger partial charge in [0.25, 0.3) is 0 Å². The van der Waals surface area contributed by atoms with E-state index in [1.54, 1.807) is 6.92 Å². The summed E-state index contributed by atoms with van der Waals surface area (Å²) in [5, 5.41) is 12.9. The molecule has 5 aromatic rings. The van der Waals surface area contributed by atoms with Crippen LogP contribution in [0.15, 0.2) is 140 Å². The summed E-state index contributed by atoms with van der Waals surface area (Å²) in [4.78, 5) is 25.8. The number of fused-ring (bicyclic) bond motifs is 3. The fourth-order valence-corrected chi connectivity index (χ4v) is 6.22. The molecule has 5 aromatic carbocycles. The molecular formula is C38H33NO5. The molecule has 0 heterocycles. The Labute approximate surface area is 256 Å². The highest BCUT2D eigenvalue weighted by Gasteiger charge is 2.42. The van der Waals surface area contributed by atoms with Gasteiger partial charge < -0.3 is 19.9 Å². The van der Waals surface area contributed by atoms with Gasteiger partial charge in [0.2, 0.25) is 0 Å². The monoisotopic (exact) mass is 583 g/mol. The fraction of sp³-hybridized carbons (Fsp3) is 0.158. The highest BCUT2D eigenvalue weighted by Crippen LogP contribution is 2.45. The summed E-state index contributed by atoms with van der Waals surface area (Å²) in [6.07, 6.45) is -1.78. The molecule has 6 rings (SSSR count). The van der Waals surface area contributed by atoms with Gasteiger partial charge in [-0.1, -0.05) is 140 Å². The number of aliphatic carboxylic acids is 1. The number of carbonyl (C=O) groups excluding carboxylic acids is 1. The van der Waals surface area contributed by atoms with Gasteiger partial charge in [0.1, 0.15) is 12.2 Å². The van der Waals surface area contributed by atoms with Gasteiger partial charge in [0, 0.05) is 5.92 Å². The number of amides is 1. The van der Waals surface area contributed by atoms with Crippen molar-refractivity contribution < 1.29 is 24.2 Å².